The fourth-order valence-electron chi connectivity index (χ4n) is 1.96. The van der Waals surface area contributed by atoms with Crippen LogP contribution in [-0.2, 0) is 0 Å². The number of aromatic hydroxyl groups is 1. The van der Waals surface area contributed by atoms with E-state index in [1.165, 1.54) is 0 Å². The van der Waals surface area contributed by atoms with Gasteiger partial charge in [0, 0.05) is 10.8 Å². The molecule has 3 nitrogen and oxygen atoms in total. The van der Waals surface area contributed by atoms with Crippen molar-refractivity contribution in [2.75, 3.05) is 14.2 Å². The van der Waals surface area contributed by atoms with Crippen molar-refractivity contribution in [1.29, 1.82) is 0 Å². The second kappa shape index (κ2) is 3.93. The lowest BCUT2D eigenvalue weighted by Crippen LogP contribution is -1.91. The molecule has 2 rings (SSSR count). The Balaban J connectivity index is 2.90. The molecule has 0 saturated heterocycles. The van der Waals surface area contributed by atoms with Crippen molar-refractivity contribution in [2.24, 2.45) is 0 Å². The fourth-order valence-corrected chi connectivity index (χ4v) is 1.96. The summed E-state index contributed by atoms with van der Waals surface area (Å²) in [6.07, 6.45) is 0. The maximum absolute atomic E-state index is 9.60. The third-order valence-corrected chi connectivity index (χ3v) is 2.66. The van der Waals surface area contributed by atoms with Gasteiger partial charge in [0.25, 0.3) is 0 Å². The molecule has 0 aromatic heterocycles. The Kier molecular flexibility index (Phi) is 2.60. The molecule has 2 aromatic carbocycles. The molecule has 0 spiro atoms. The first-order chi connectivity index (χ1) is 7.67. The average molecular weight is 218 g/mol. The van der Waals surface area contributed by atoms with E-state index in [2.05, 4.69) is 0 Å². The van der Waals surface area contributed by atoms with Crippen molar-refractivity contribution in [3.63, 3.8) is 0 Å². The number of rotatable bonds is 2. The lowest BCUT2D eigenvalue weighted by molar-refractivity contribution is 0.410. The van der Waals surface area contributed by atoms with Gasteiger partial charge >= 0.3 is 0 Å². The first kappa shape index (κ1) is 10.6. The first-order valence-electron chi connectivity index (χ1n) is 5.01. The third kappa shape index (κ3) is 1.54. The molecule has 0 fully saturated rings. The molecule has 16 heavy (non-hydrogen) atoms. The van der Waals surface area contributed by atoms with Crippen LogP contribution in [0.25, 0.3) is 10.8 Å². The number of fused-ring (bicyclic) bond motifs is 1. The predicted octanol–water partition coefficient (Wildman–Crippen LogP) is 2.87. The number of hydrogen-bond donors (Lipinski definition) is 1. The fraction of sp³-hybridized carbons (Fsp3) is 0.231. The van der Waals surface area contributed by atoms with Crippen molar-refractivity contribution >= 4 is 10.8 Å². The molecule has 0 unspecified atom stereocenters. The molecule has 0 bridgehead atoms. The van der Waals surface area contributed by atoms with Crippen molar-refractivity contribution in [2.45, 2.75) is 6.92 Å². The number of phenols is 1. The van der Waals surface area contributed by atoms with E-state index in [4.69, 9.17) is 9.47 Å². The van der Waals surface area contributed by atoms with Crippen LogP contribution in [0.1, 0.15) is 5.56 Å². The molecule has 2 aromatic rings. The van der Waals surface area contributed by atoms with Gasteiger partial charge in [-0.25, -0.2) is 0 Å². The second-order valence-corrected chi connectivity index (χ2v) is 3.66. The van der Waals surface area contributed by atoms with Crippen LogP contribution in [0.4, 0.5) is 0 Å². The van der Waals surface area contributed by atoms with E-state index >= 15 is 0 Å². The van der Waals surface area contributed by atoms with Gasteiger partial charge in [0.2, 0.25) is 0 Å². The average Bonchev–Trinajstić information content (AvgIpc) is 2.27. The SMILES string of the molecule is COc1ccc(OC)c2c(C)cc(O)cc12. The number of phenolic OH excluding ortho intramolecular Hbond substituents is 1. The van der Waals surface area contributed by atoms with Gasteiger partial charge in [0.15, 0.2) is 0 Å². The van der Waals surface area contributed by atoms with Crippen LogP contribution in [0.3, 0.4) is 0 Å². The van der Waals surface area contributed by atoms with Crippen LogP contribution in [-0.4, -0.2) is 19.3 Å². The summed E-state index contributed by atoms with van der Waals surface area (Å²) < 4.78 is 10.6. The molecular weight excluding hydrogens is 204 g/mol. The molecular formula is C13H14O3. The van der Waals surface area contributed by atoms with Gasteiger partial charge in [-0.3, -0.25) is 0 Å². The Bertz CT molecular complexity index is 532. The zero-order chi connectivity index (χ0) is 11.7. The van der Waals surface area contributed by atoms with E-state index in [9.17, 15) is 5.11 Å². The van der Waals surface area contributed by atoms with Gasteiger partial charge < -0.3 is 14.6 Å². The minimum Gasteiger partial charge on any atom is -0.508 e. The predicted molar refractivity (Wildman–Crippen MR) is 63.5 cm³/mol. The van der Waals surface area contributed by atoms with Gasteiger partial charge in [-0.15, -0.1) is 0 Å². The van der Waals surface area contributed by atoms with E-state index < -0.39 is 0 Å². The Hall–Kier alpha value is -1.90. The number of aryl methyl sites for hydroxylation is 1. The van der Waals surface area contributed by atoms with E-state index in [0.717, 1.165) is 27.8 Å². The summed E-state index contributed by atoms with van der Waals surface area (Å²) in [7, 11) is 3.24. The smallest absolute Gasteiger partial charge is 0.127 e. The Morgan fingerprint density at radius 2 is 1.62 bits per heavy atom. The van der Waals surface area contributed by atoms with Crippen LogP contribution in [0.5, 0.6) is 17.2 Å². The van der Waals surface area contributed by atoms with Crippen molar-refractivity contribution in [3.8, 4) is 17.2 Å². The second-order valence-electron chi connectivity index (χ2n) is 3.66. The largest absolute Gasteiger partial charge is 0.508 e. The Morgan fingerprint density at radius 3 is 2.25 bits per heavy atom. The first-order valence-corrected chi connectivity index (χ1v) is 5.01. The standard InChI is InChI=1S/C13H14O3/c1-8-6-9(14)7-10-11(15-2)4-5-12(16-3)13(8)10/h4-7,14H,1-3H3. The molecule has 0 saturated carbocycles. The van der Waals surface area contributed by atoms with Gasteiger partial charge in [0.1, 0.15) is 17.2 Å². The molecule has 3 heteroatoms. The highest BCUT2D eigenvalue weighted by atomic mass is 16.5. The highest BCUT2D eigenvalue weighted by Crippen LogP contribution is 2.37. The monoisotopic (exact) mass is 218 g/mol. The molecule has 0 aliphatic rings. The maximum Gasteiger partial charge on any atom is 0.127 e. The topological polar surface area (TPSA) is 38.7 Å². The van der Waals surface area contributed by atoms with Gasteiger partial charge in [-0.2, -0.15) is 0 Å². The molecule has 1 N–H and O–H groups in total. The highest BCUT2D eigenvalue weighted by molar-refractivity contribution is 5.96. The lowest BCUT2D eigenvalue weighted by Gasteiger charge is -2.12. The van der Waals surface area contributed by atoms with Gasteiger partial charge in [-0.1, -0.05) is 0 Å². The summed E-state index contributed by atoms with van der Waals surface area (Å²) in [5.41, 5.74) is 0.964. The van der Waals surface area contributed by atoms with Crippen LogP contribution >= 0.6 is 0 Å². The molecule has 0 heterocycles. The maximum atomic E-state index is 9.60. The summed E-state index contributed by atoms with van der Waals surface area (Å²) in [5, 5.41) is 11.4. The molecule has 0 amide bonds. The third-order valence-electron chi connectivity index (χ3n) is 2.66. The summed E-state index contributed by atoms with van der Waals surface area (Å²) in [6.45, 7) is 1.93. The minimum absolute atomic E-state index is 0.233. The van der Waals surface area contributed by atoms with Gasteiger partial charge in [-0.05, 0) is 36.8 Å². The summed E-state index contributed by atoms with van der Waals surface area (Å²) >= 11 is 0. The van der Waals surface area contributed by atoms with Crippen LogP contribution in [0.15, 0.2) is 24.3 Å². The van der Waals surface area contributed by atoms with E-state index in [0.29, 0.717) is 0 Å². The molecule has 0 atom stereocenters. The molecule has 0 aliphatic heterocycles. The highest BCUT2D eigenvalue weighted by Gasteiger charge is 2.10. The molecule has 0 radical (unpaired) electrons. The number of ether oxygens (including phenoxy) is 2. The summed E-state index contributed by atoms with van der Waals surface area (Å²) in [4.78, 5) is 0. The van der Waals surface area contributed by atoms with Crippen LogP contribution < -0.4 is 9.47 Å². The lowest BCUT2D eigenvalue weighted by atomic mass is 10.0. The quantitative estimate of drug-likeness (QED) is 0.842. The van der Waals surface area contributed by atoms with Crippen LogP contribution in [0.2, 0.25) is 0 Å². The number of hydrogen-bond acceptors (Lipinski definition) is 3. The number of methoxy groups -OCH3 is 2. The molecule has 84 valence electrons. The van der Waals surface area contributed by atoms with Gasteiger partial charge in [0.05, 0.1) is 14.2 Å². The Morgan fingerprint density at radius 1 is 1.00 bits per heavy atom. The van der Waals surface area contributed by atoms with Crippen molar-refractivity contribution in [3.05, 3.63) is 29.8 Å². The summed E-state index contributed by atoms with van der Waals surface area (Å²) in [6, 6.07) is 7.10. The van der Waals surface area contributed by atoms with E-state index in [1.807, 2.05) is 19.1 Å². The number of benzene rings is 2. The van der Waals surface area contributed by atoms with E-state index in [1.54, 1.807) is 26.4 Å². The molecule has 0 aliphatic carbocycles. The Labute approximate surface area is 94.2 Å². The summed E-state index contributed by atoms with van der Waals surface area (Å²) in [5.74, 6) is 1.75. The normalized spacial score (nSPS) is 10.4. The zero-order valence-corrected chi connectivity index (χ0v) is 9.57. The zero-order valence-electron chi connectivity index (χ0n) is 9.57. The van der Waals surface area contributed by atoms with Crippen LogP contribution in [0, 0.1) is 6.92 Å². The minimum atomic E-state index is 0.233. The van der Waals surface area contributed by atoms with E-state index in [-0.39, 0.29) is 5.75 Å². The van der Waals surface area contributed by atoms with Crippen molar-refractivity contribution in [1.82, 2.24) is 0 Å². The van der Waals surface area contributed by atoms with Crippen molar-refractivity contribution < 1.29 is 14.6 Å².